The van der Waals surface area contributed by atoms with Gasteiger partial charge < -0.3 is 10.6 Å². The van der Waals surface area contributed by atoms with Crippen LogP contribution < -0.4 is 10.5 Å². The normalized spacial score (nSPS) is 17.7. The standard InChI is InChI=1S/C15H24N4O2S/c1-13-7-11-19(12-8-13)15(16)17-9-10-18-22(20,21)14-5-3-2-4-6-14/h2-6,13,18H,7-12H2,1H3,(H2,16,17). The average molecular weight is 324 g/mol. The van der Waals surface area contributed by atoms with Crippen molar-refractivity contribution in [2.24, 2.45) is 16.6 Å². The summed E-state index contributed by atoms with van der Waals surface area (Å²) in [5, 5.41) is 0. The number of guanidine groups is 1. The van der Waals surface area contributed by atoms with E-state index in [9.17, 15) is 8.42 Å². The molecular formula is C15H24N4O2S. The van der Waals surface area contributed by atoms with Gasteiger partial charge in [0.05, 0.1) is 11.4 Å². The summed E-state index contributed by atoms with van der Waals surface area (Å²) in [5.41, 5.74) is 5.95. The fourth-order valence-corrected chi connectivity index (χ4v) is 3.41. The van der Waals surface area contributed by atoms with E-state index in [4.69, 9.17) is 5.73 Å². The minimum atomic E-state index is -3.46. The summed E-state index contributed by atoms with van der Waals surface area (Å²) < 4.78 is 26.6. The van der Waals surface area contributed by atoms with Gasteiger partial charge in [0.1, 0.15) is 0 Å². The SMILES string of the molecule is CC1CCN(C(N)=NCCNS(=O)(=O)c2ccccc2)CC1. The van der Waals surface area contributed by atoms with Crippen molar-refractivity contribution < 1.29 is 8.42 Å². The van der Waals surface area contributed by atoms with Crippen molar-refractivity contribution in [1.29, 1.82) is 0 Å². The molecule has 0 bridgehead atoms. The number of sulfonamides is 1. The summed E-state index contributed by atoms with van der Waals surface area (Å²) in [4.78, 5) is 6.59. The largest absolute Gasteiger partial charge is 0.370 e. The first kappa shape index (κ1) is 16.8. The van der Waals surface area contributed by atoms with Gasteiger partial charge in [0.2, 0.25) is 10.0 Å². The Morgan fingerprint density at radius 1 is 1.32 bits per heavy atom. The molecule has 0 amide bonds. The molecule has 1 aromatic rings. The number of nitrogens with two attached hydrogens (primary N) is 1. The van der Waals surface area contributed by atoms with Crippen molar-refractivity contribution in [3.05, 3.63) is 30.3 Å². The number of piperidine rings is 1. The smallest absolute Gasteiger partial charge is 0.240 e. The van der Waals surface area contributed by atoms with Crippen LogP contribution in [0.3, 0.4) is 0 Å². The lowest BCUT2D eigenvalue weighted by atomic mass is 10.00. The first-order chi connectivity index (χ1) is 10.5. The van der Waals surface area contributed by atoms with Gasteiger partial charge in [-0.1, -0.05) is 25.1 Å². The number of nitrogens with zero attached hydrogens (tertiary/aromatic N) is 2. The molecule has 0 aliphatic carbocycles. The number of benzene rings is 1. The molecule has 0 radical (unpaired) electrons. The van der Waals surface area contributed by atoms with Gasteiger partial charge in [-0.15, -0.1) is 0 Å². The lowest BCUT2D eigenvalue weighted by molar-refractivity contribution is 0.277. The van der Waals surface area contributed by atoms with Crippen LogP contribution in [-0.2, 0) is 10.0 Å². The molecular weight excluding hydrogens is 300 g/mol. The fraction of sp³-hybridized carbons (Fsp3) is 0.533. The van der Waals surface area contributed by atoms with Crippen LogP contribution in [-0.4, -0.2) is 45.5 Å². The number of likely N-dealkylation sites (tertiary alicyclic amines) is 1. The molecule has 6 nitrogen and oxygen atoms in total. The Labute approximate surface area is 132 Å². The zero-order chi connectivity index (χ0) is 16.0. The molecule has 7 heteroatoms. The van der Waals surface area contributed by atoms with E-state index in [1.54, 1.807) is 30.3 Å². The second kappa shape index (κ2) is 7.60. The summed E-state index contributed by atoms with van der Waals surface area (Å²) in [5.74, 6) is 1.24. The third-order valence-electron chi connectivity index (χ3n) is 3.84. The maximum atomic E-state index is 12.0. The molecule has 1 fully saturated rings. The predicted molar refractivity (Wildman–Crippen MR) is 88.1 cm³/mol. The van der Waals surface area contributed by atoms with Crippen molar-refractivity contribution >= 4 is 16.0 Å². The summed E-state index contributed by atoms with van der Waals surface area (Å²) >= 11 is 0. The maximum absolute atomic E-state index is 12.0. The third kappa shape index (κ3) is 4.71. The van der Waals surface area contributed by atoms with E-state index in [2.05, 4.69) is 21.5 Å². The monoisotopic (exact) mass is 324 g/mol. The van der Waals surface area contributed by atoms with Gasteiger partial charge in [-0.25, -0.2) is 13.1 Å². The van der Waals surface area contributed by atoms with Crippen molar-refractivity contribution in [1.82, 2.24) is 9.62 Å². The Bertz CT molecular complexity index is 593. The van der Waals surface area contributed by atoms with Crippen molar-refractivity contribution in [2.45, 2.75) is 24.7 Å². The summed E-state index contributed by atoms with van der Waals surface area (Å²) in [6.07, 6.45) is 2.24. The molecule has 122 valence electrons. The fourth-order valence-electron chi connectivity index (χ4n) is 2.37. The third-order valence-corrected chi connectivity index (χ3v) is 5.32. The Balaban J connectivity index is 1.80. The number of rotatable bonds is 5. The maximum Gasteiger partial charge on any atom is 0.240 e. The van der Waals surface area contributed by atoms with Crippen LogP contribution in [0.1, 0.15) is 19.8 Å². The molecule has 3 N–H and O–H groups in total. The van der Waals surface area contributed by atoms with Gasteiger partial charge in [0, 0.05) is 19.6 Å². The average Bonchev–Trinajstić information content (AvgIpc) is 2.53. The van der Waals surface area contributed by atoms with Crippen molar-refractivity contribution in [2.75, 3.05) is 26.2 Å². The molecule has 0 unspecified atom stereocenters. The topological polar surface area (TPSA) is 87.8 Å². The molecule has 22 heavy (non-hydrogen) atoms. The number of hydrogen-bond donors (Lipinski definition) is 2. The summed E-state index contributed by atoms with van der Waals surface area (Å²) in [6, 6.07) is 8.30. The minimum absolute atomic E-state index is 0.238. The molecule has 0 spiro atoms. The molecule has 0 atom stereocenters. The number of aliphatic imine (C=N–C) groups is 1. The quantitative estimate of drug-likeness (QED) is 0.481. The van der Waals surface area contributed by atoms with Crippen LogP contribution in [0.5, 0.6) is 0 Å². The molecule has 1 aromatic carbocycles. The first-order valence-electron chi connectivity index (χ1n) is 7.58. The van der Waals surface area contributed by atoms with Crippen molar-refractivity contribution in [3.8, 4) is 0 Å². The summed E-state index contributed by atoms with van der Waals surface area (Å²) in [6.45, 7) is 4.66. The van der Waals surface area contributed by atoms with Gasteiger partial charge in [0.25, 0.3) is 0 Å². The highest BCUT2D eigenvalue weighted by Crippen LogP contribution is 2.15. The van der Waals surface area contributed by atoms with Crippen LogP contribution in [0, 0.1) is 5.92 Å². The van der Waals surface area contributed by atoms with Gasteiger partial charge >= 0.3 is 0 Å². The van der Waals surface area contributed by atoms with Crippen LogP contribution in [0.25, 0.3) is 0 Å². The lowest BCUT2D eigenvalue weighted by Gasteiger charge is -2.31. The minimum Gasteiger partial charge on any atom is -0.370 e. The molecule has 1 aliphatic heterocycles. The molecule has 1 heterocycles. The van der Waals surface area contributed by atoms with Gasteiger partial charge in [-0.2, -0.15) is 0 Å². The number of hydrogen-bond acceptors (Lipinski definition) is 3. The van der Waals surface area contributed by atoms with Crippen LogP contribution in [0.2, 0.25) is 0 Å². The van der Waals surface area contributed by atoms with Gasteiger partial charge in [0.15, 0.2) is 5.96 Å². The highest BCUT2D eigenvalue weighted by Gasteiger charge is 2.17. The van der Waals surface area contributed by atoms with Gasteiger partial charge in [-0.3, -0.25) is 4.99 Å². The second-order valence-electron chi connectivity index (χ2n) is 5.62. The zero-order valence-corrected chi connectivity index (χ0v) is 13.7. The molecule has 0 saturated carbocycles. The predicted octanol–water partition coefficient (Wildman–Crippen LogP) is 1.01. The Morgan fingerprint density at radius 3 is 2.59 bits per heavy atom. The van der Waals surface area contributed by atoms with E-state index < -0.39 is 10.0 Å². The van der Waals surface area contributed by atoms with Gasteiger partial charge in [-0.05, 0) is 30.9 Å². The molecule has 1 aliphatic rings. The highest BCUT2D eigenvalue weighted by atomic mass is 32.2. The van der Waals surface area contributed by atoms with E-state index in [-0.39, 0.29) is 11.4 Å². The van der Waals surface area contributed by atoms with E-state index in [0.29, 0.717) is 12.5 Å². The van der Waals surface area contributed by atoms with E-state index >= 15 is 0 Å². The van der Waals surface area contributed by atoms with Crippen LogP contribution in [0.4, 0.5) is 0 Å². The van der Waals surface area contributed by atoms with E-state index in [0.717, 1.165) is 31.8 Å². The first-order valence-corrected chi connectivity index (χ1v) is 9.07. The van der Waals surface area contributed by atoms with E-state index in [1.165, 1.54) is 0 Å². The summed E-state index contributed by atoms with van der Waals surface area (Å²) in [7, 11) is -3.46. The molecule has 1 saturated heterocycles. The Kier molecular flexibility index (Phi) is 5.79. The molecule has 2 rings (SSSR count). The van der Waals surface area contributed by atoms with Crippen LogP contribution in [0.15, 0.2) is 40.2 Å². The Hall–Kier alpha value is -1.60. The lowest BCUT2D eigenvalue weighted by Crippen LogP contribution is -2.42. The molecule has 0 aromatic heterocycles. The Morgan fingerprint density at radius 2 is 1.95 bits per heavy atom. The zero-order valence-electron chi connectivity index (χ0n) is 12.9. The van der Waals surface area contributed by atoms with Crippen LogP contribution >= 0.6 is 0 Å². The number of nitrogens with one attached hydrogen (secondary N) is 1. The second-order valence-corrected chi connectivity index (χ2v) is 7.39. The highest BCUT2D eigenvalue weighted by molar-refractivity contribution is 7.89. The van der Waals surface area contributed by atoms with E-state index in [1.807, 2.05) is 0 Å². The van der Waals surface area contributed by atoms with Crippen molar-refractivity contribution in [3.63, 3.8) is 0 Å².